The molecule has 7 heteroatoms. The van der Waals surface area contributed by atoms with Crippen molar-refractivity contribution in [2.75, 3.05) is 10.0 Å². The number of carbonyl (C=O) groups is 1. The van der Waals surface area contributed by atoms with E-state index in [2.05, 4.69) is 10.0 Å². The highest BCUT2D eigenvalue weighted by molar-refractivity contribution is 7.92. The number of nitrogens with one attached hydrogen (secondary N) is 2. The van der Waals surface area contributed by atoms with E-state index >= 15 is 0 Å². The van der Waals surface area contributed by atoms with Gasteiger partial charge in [0, 0.05) is 5.69 Å². The lowest BCUT2D eigenvalue weighted by atomic mass is 10.1. The van der Waals surface area contributed by atoms with Gasteiger partial charge in [-0.25, -0.2) is 12.8 Å². The van der Waals surface area contributed by atoms with E-state index in [4.69, 9.17) is 0 Å². The van der Waals surface area contributed by atoms with Crippen molar-refractivity contribution in [3.63, 3.8) is 0 Å². The SMILES string of the molecule is Cc1ccc(CC(=O)Nc2ccc(C)c(S(=O)(=O)Nc3ccccc3F)c2)cc1. The topological polar surface area (TPSA) is 75.3 Å². The van der Waals surface area contributed by atoms with Crippen LogP contribution in [0.4, 0.5) is 15.8 Å². The van der Waals surface area contributed by atoms with Crippen molar-refractivity contribution in [1.82, 2.24) is 0 Å². The highest BCUT2D eigenvalue weighted by atomic mass is 32.2. The molecule has 3 aromatic rings. The molecular formula is C22H21FN2O3S. The second kappa shape index (κ2) is 8.45. The molecule has 0 aliphatic heterocycles. The van der Waals surface area contributed by atoms with Crippen molar-refractivity contribution in [3.8, 4) is 0 Å². The molecule has 0 aliphatic carbocycles. The molecule has 0 saturated heterocycles. The van der Waals surface area contributed by atoms with Crippen LogP contribution in [0.15, 0.2) is 71.6 Å². The number of carbonyl (C=O) groups excluding carboxylic acids is 1. The summed E-state index contributed by atoms with van der Waals surface area (Å²) in [6.45, 7) is 3.60. The van der Waals surface area contributed by atoms with E-state index in [-0.39, 0.29) is 22.9 Å². The zero-order chi connectivity index (χ0) is 21.0. The summed E-state index contributed by atoms with van der Waals surface area (Å²) in [5, 5.41) is 2.71. The van der Waals surface area contributed by atoms with Crippen LogP contribution in [0.3, 0.4) is 0 Å². The van der Waals surface area contributed by atoms with E-state index in [1.54, 1.807) is 19.1 Å². The summed E-state index contributed by atoms with van der Waals surface area (Å²) in [5.74, 6) is -0.931. The van der Waals surface area contributed by atoms with Gasteiger partial charge < -0.3 is 5.32 Å². The number of hydrogen-bond donors (Lipinski definition) is 2. The number of halogens is 1. The number of hydrogen-bond acceptors (Lipinski definition) is 3. The van der Waals surface area contributed by atoms with Crippen molar-refractivity contribution in [2.45, 2.75) is 25.2 Å². The summed E-state index contributed by atoms with van der Waals surface area (Å²) in [4.78, 5) is 12.3. The number of para-hydroxylation sites is 1. The molecule has 0 fully saturated rings. The molecule has 2 N–H and O–H groups in total. The first-order valence-electron chi connectivity index (χ1n) is 8.98. The van der Waals surface area contributed by atoms with Gasteiger partial charge >= 0.3 is 0 Å². The van der Waals surface area contributed by atoms with Crippen molar-refractivity contribution < 1.29 is 17.6 Å². The average Bonchev–Trinajstić information content (AvgIpc) is 2.67. The number of aryl methyl sites for hydroxylation is 2. The van der Waals surface area contributed by atoms with E-state index in [0.717, 1.165) is 11.1 Å². The maximum absolute atomic E-state index is 13.8. The van der Waals surface area contributed by atoms with Gasteiger partial charge in [0.15, 0.2) is 0 Å². The molecule has 0 radical (unpaired) electrons. The lowest BCUT2D eigenvalue weighted by molar-refractivity contribution is -0.115. The van der Waals surface area contributed by atoms with Crippen LogP contribution >= 0.6 is 0 Å². The predicted octanol–water partition coefficient (Wildman–Crippen LogP) is 4.42. The number of benzene rings is 3. The van der Waals surface area contributed by atoms with E-state index in [9.17, 15) is 17.6 Å². The van der Waals surface area contributed by atoms with Crippen molar-refractivity contribution in [1.29, 1.82) is 0 Å². The Bertz CT molecular complexity index is 1140. The highest BCUT2D eigenvalue weighted by Gasteiger charge is 2.19. The standard InChI is InChI=1S/C22H21FN2O3S/c1-15-7-10-17(11-8-15)13-22(26)24-18-12-9-16(2)21(14-18)29(27,28)25-20-6-4-3-5-19(20)23/h3-12,14,25H,13H2,1-2H3,(H,24,26). The Hall–Kier alpha value is -3.19. The molecular weight excluding hydrogens is 391 g/mol. The van der Waals surface area contributed by atoms with Gasteiger partial charge in [0.25, 0.3) is 10.0 Å². The maximum atomic E-state index is 13.8. The summed E-state index contributed by atoms with van der Waals surface area (Å²) in [6.07, 6.45) is 0.170. The predicted molar refractivity (Wildman–Crippen MR) is 112 cm³/mol. The minimum Gasteiger partial charge on any atom is -0.326 e. The molecule has 0 spiro atoms. The van der Waals surface area contributed by atoms with Gasteiger partial charge in [-0.05, 0) is 49.2 Å². The molecule has 3 aromatic carbocycles. The lowest BCUT2D eigenvalue weighted by Crippen LogP contribution is -2.17. The van der Waals surface area contributed by atoms with Crippen LogP contribution in [0.25, 0.3) is 0 Å². The molecule has 150 valence electrons. The second-order valence-corrected chi connectivity index (χ2v) is 8.43. The summed E-state index contributed by atoms with van der Waals surface area (Å²) >= 11 is 0. The van der Waals surface area contributed by atoms with Crippen molar-refractivity contribution >= 4 is 27.3 Å². The van der Waals surface area contributed by atoms with E-state index in [0.29, 0.717) is 11.3 Å². The van der Waals surface area contributed by atoms with Gasteiger partial charge in [-0.3, -0.25) is 9.52 Å². The molecule has 0 aromatic heterocycles. The normalized spacial score (nSPS) is 11.1. The van der Waals surface area contributed by atoms with Crippen LogP contribution in [-0.2, 0) is 21.2 Å². The van der Waals surface area contributed by atoms with E-state index < -0.39 is 15.8 Å². The third-order valence-electron chi connectivity index (χ3n) is 4.36. The molecule has 0 saturated carbocycles. The van der Waals surface area contributed by atoms with Gasteiger partial charge in [-0.1, -0.05) is 48.0 Å². The smallest absolute Gasteiger partial charge is 0.262 e. The van der Waals surface area contributed by atoms with Gasteiger partial charge in [0.05, 0.1) is 17.0 Å². The first-order valence-corrected chi connectivity index (χ1v) is 10.5. The van der Waals surface area contributed by atoms with Crippen molar-refractivity contribution in [3.05, 3.63) is 89.2 Å². The third kappa shape index (κ3) is 5.20. The molecule has 0 aliphatic rings. The van der Waals surface area contributed by atoms with Crippen LogP contribution in [-0.4, -0.2) is 14.3 Å². The number of rotatable bonds is 6. The Morgan fingerprint density at radius 2 is 1.66 bits per heavy atom. The van der Waals surface area contributed by atoms with Crippen LogP contribution in [0.5, 0.6) is 0 Å². The number of anilines is 2. The van der Waals surface area contributed by atoms with Gasteiger partial charge in [0.2, 0.25) is 5.91 Å². The van der Waals surface area contributed by atoms with Crippen molar-refractivity contribution in [2.24, 2.45) is 0 Å². The van der Waals surface area contributed by atoms with Crippen LogP contribution in [0, 0.1) is 19.7 Å². The first kappa shape index (κ1) is 20.5. The highest BCUT2D eigenvalue weighted by Crippen LogP contribution is 2.24. The molecule has 0 heterocycles. The molecule has 5 nitrogen and oxygen atoms in total. The first-order chi connectivity index (χ1) is 13.7. The molecule has 0 bridgehead atoms. The average molecular weight is 412 g/mol. The largest absolute Gasteiger partial charge is 0.326 e. The zero-order valence-electron chi connectivity index (χ0n) is 16.1. The second-order valence-electron chi connectivity index (χ2n) is 6.78. The summed E-state index contributed by atoms with van der Waals surface area (Å²) in [5.41, 5.74) is 2.65. The monoisotopic (exact) mass is 412 g/mol. The summed E-state index contributed by atoms with van der Waals surface area (Å²) < 4.78 is 41.6. The summed E-state index contributed by atoms with van der Waals surface area (Å²) in [7, 11) is -4.03. The number of amides is 1. The Kier molecular flexibility index (Phi) is 5.98. The fraction of sp³-hybridized carbons (Fsp3) is 0.136. The minimum atomic E-state index is -4.03. The maximum Gasteiger partial charge on any atom is 0.262 e. The Morgan fingerprint density at radius 3 is 2.34 bits per heavy atom. The van der Waals surface area contributed by atoms with E-state index in [1.807, 2.05) is 31.2 Å². The Morgan fingerprint density at radius 1 is 0.966 bits per heavy atom. The van der Waals surface area contributed by atoms with E-state index in [1.165, 1.54) is 30.3 Å². The lowest BCUT2D eigenvalue weighted by Gasteiger charge is -2.13. The number of sulfonamides is 1. The molecule has 0 unspecified atom stereocenters. The van der Waals surface area contributed by atoms with Crippen LogP contribution in [0.2, 0.25) is 0 Å². The van der Waals surface area contributed by atoms with Gasteiger partial charge in [-0.2, -0.15) is 0 Å². The fourth-order valence-corrected chi connectivity index (χ4v) is 4.15. The zero-order valence-corrected chi connectivity index (χ0v) is 16.9. The fourth-order valence-electron chi connectivity index (χ4n) is 2.81. The summed E-state index contributed by atoms with van der Waals surface area (Å²) in [6, 6.07) is 17.7. The molecule has 0 atom stereocenters. The third-order valence-corrected chi connectivity index (χ3v) is 5.87. The van der Waals surface area contributed by atoms with Gasteiger partial charge in [-0.15, -0.1) is 0 Å². The quantitative estimate of drug-likeness (QED) is 0.629. The minimum absolute atomic E-state index is 0.0334. The Labute approximate surface area is 169 Å². The van der Waals surface area contributed by atoms with Crippen LogP contribution < -0.4 is 10.0 Å². The molecule has 3 rings (SSSR count). The Balaban J connectivity index is 1.79. The van der Waals surface area contributed by atoms with Crippen LogP contribution in [0.1, 0.15) is 16.7 Å². The van der Waals surface area contributed by atoms with Gasteiger partial charge in [0.1, 0.15) is 5.82 Å². The molecule has 29 heavy (non-hydrogen) atoms. The molecule has 1 amide bonds.